The molecule has 1 N–H and O–H groups in total. The number of aryl methyl sites for hydroxylation is 2. The lowest BCUT2D eigenvalue weighted by molar-refractivity contribution is -0.101. The summed E-state index contributed by atoms with van der Waals surface area (Å²) >= 11 is 0. The second-order valence-corrected chi connectivity index (χ2v) is 5.46. The number of rotatable bonds is 2. The molecule has 18 heavy (non-hydrogen) atoms. The van der Waals surface area contributed by atoms with Gasteiger partial charge in [-0.15, -0.1) is 0 Å². The van der Waals surface area contributed by atoms with Gasteiger partial charge in [-0.25, -0.2) is 4.98 Å². The quantitative estimate of drug-likeness (QED) is 0.852. The molecule has 5 heteroatoms. The molecule has 1 aliphatic heterocycles. The van der Waals surface area contributed by atoms with Crippen molar-refractivity contribution in [3.63, 3.8) is 0 Å². The van der Waals surface area contributed by atoms with Crippen LogP contribution in [0.2, 0.25) is 0 Å². The maximum absolute atomic E-state index is 9.30. The largest absolute Gasteiger partial charge is 0.394 e. The van der Waals surface area contributed by atoms with Crippen molar-refractivity contribution in [1.29, 1.82) is 0 Å². The van der Waals surface area contributed by atoms with E-state index in [1.165, 1.54) is 0 Å². The van der Waals surface area contributed by atoms with E-state index < -0.39 is 0 Å². The van der Waals surface area contributed by atoms with E-state index in [9.17, 15) is 5.11 Å². The Bertz CT molecular complexity index is 434. The normalized spacial score (nSPS) is 23.2. The first-order valence-corrected chi connectivity index (χ1v) is 6.25. The van der Waals surface area contributed by atoms with E-state index in [2.05, 4.69) is 14.9 Å². The van der Waals surface area contributed by atoms with Gasteiger partial charge in [0.25, 0.3) is 0 Å². The zero-order chi connectivity index (χ0) is 13.3. The van der Waals surface area contributed by atoms with Crippen molar-refractivity contribution in [2.24, 2.45) is 0 Å². The molecule has 2 rings (SSSR count). The standard InChI is InChI=1S/C13H21N3O2/c1-9-10(2)15-12(5-14-9)16-6-11(7-17)18-13(3,4)8-16/h5,11,17H,6-8H2,1-4H3. The molecule has 0 radical (unpaired) electrons. The van der Waals surface area contributed by atoms with E-state index in [0.717, 1.165) is 23.8 Å². The maximum atomic E-state index is 9.30. The Hall–Kier alpha value is -1.20. The average Bonchev–Trinajstić information content (AvgIpc) is 2.30. The summed E-state index contributed by atoms with van der Waals surface area (Å²) in [5, 5.41) is 9.30. The third-order valence-corrected chi connectivity index (χ3v) is 3.19. The van der Waals surface area contributed by atoms with Gasteiger partial charge >= 0.3 is 0 Å². The molecule has 1 saturated heterocycles. The fourth-order valence-corrected chi connectivity index (χ4v) is 2.25. The highest BCUT2D eigenvalue weighted by molar-refractivity contribution is 5.39. The molecule has 1 atom stereocenters. The fourth-order valence-electron chi connectivity index (χ4n) is 2.25. The summed E-state index contributed by atoms with van der Waals surface area (Å²) < 4.78 is 5.79. The van der Waals surface area contributed by atoms with Crippen LogP contribution >= 0.6 is 0 Å². The monoisotopic (exact) mass is 251 g/mol. The van der Waals surface area contributed by atoms with Crippen molar-refractivity contribution in [3.05, 3.63) is 17.6 Å². The number of anilines is 1. The van der Waals surface area contributed by atoms with Crippen LogP contribution in [-0.2, 0) is 4.74 Å². The van der Waals surface area contributed by atoms with Crippen LogP contribution in [0, 0.1) is 13.8 Å². The summed E-state index contributed by atoms with van der Waals surface area (Å²) in [6.07, 6.45) is 1.62. The van der Waals surface area contributed by atoms with Crippen molar-refractivity contribution in [1.82, 2.24) is 9.97 Å². The number of aliphatic hydroxyl groups excluding tert-OH is 1. The van der Waals surface area contributed by atoms with Crippen molar-refractivity contribution in [2.45, 2.75) is 39.4 Å². The molecular weight excluding hydrogens is 230 g/mol. The molecule has 100 valence electrons. The third-order valence-electron chi connectivity index (χ3n) is 3.19. The smallest absolute Gasteiger partial charge is 0.147 e. The van der Waals surface area contributed by atoms with Crippen LogP contribution in [0.25, 0.3) is 0 Å². The Balaban J connectivity index is 2.23. The lowest BCUT2D eigenvalue weighted by atomic mass is 10.1. The zero-order valence-electron chi connectivity index (χ0n) is 11.5. The summed E-state index contributed by atoms with van der Waals surface area (Å²) in [6, 6.07) is 0. The van der Waals surface area contributed by atoms with Crippen LogP contribution in [0.15, 0.2) is 6.20 Å². The van der Waals surface area contributed by atoms with E-state index in [-0.39, 0.29) is 18.3 Å². The topological polar surface area (TPSA) is 58.5 Å². The van der Waals surface area contributed by atoms with Gasteiger partial charge in [0.1, 0.15) is 5.82 Å². The predicted octanol–water partition coefficient (Wildman–Crippen LogP) is 1.07. The van der Waals surface area contributed by atoms with E-state index in [1.807, 2.05) is 27.7 Å². The number of aromatic nitrogens is 2. The Labute approximate surface area is 108 Å². The molecule has 0 bridgehead atoms. The van der Waals surface area contributed by atoms with E-state index in [4.69, 9.17) is 4.74 Å². The van der Waals surface area contributed by atoms with Gasteiger partial charge in [-0.3, -0.25) is 4.98 Å². The Morgan fingerprint density at radius 1 is 1.44 bits per heavy atom. The number of aliphatic hydroxyl groups is 1. The number of nitrogens with zero attached hydrogens (tertiary/aromatic N) is 3. The van der Waals surface area contributed by atoms with Crippen LogP contribution in [0.5, 0.6) is 0 Å². The predicted molar refractivity (Wildman–Crippen MR) is 69.8 cm³/mol. The maximum Gasteiger partial charge on any atom is 0.147 e. The molecule has 1 aromatic rings. The molecule has 5 nitrogen and oxygen atoms in total. The van der Waals surface area contributed by atoms with Gasteiger partial charge in [0.05, 0.1) is 35.9 Å². The fraction of sp³-hybridized carbons (Fsp3) is 0.692. The Morgan fingerprint density at radius 3 is 2.78 bits per heavy atom. The van der Waals surface area contributed by atoms with Gasteiger partial charge < -0.3 is 14.7 Å². The Morgan fingerprint density at radius 2 is 2.17 bits per heavy atom. The van der Waals surface area contributed by atoms with Crippen LogP contribution < -0.4 is 4.90 Å². The number of hydrogen-bond donors (Lipinski definition) is 1. The van der Waals surface area contributed by atoms with Crippen LogP contribution in [0.1, 0.15) is 25.2 Å². The average molecular weight is 251 g/mol. The van der Waals surface area contributed by atoms with Crippen molar-refractivity contribution in [3.8, 4) is 0 Å². The van der Waals surface area contributed by atoms with Gasteiger partial charge in [0.2, 0.25) is 0 Å². The lowest BCUT2D eigenvalue weighted by Gasteiger charge is -2.42. The van der Waals surface area contributed by atoms with E-state index in [1.54, 1.807) is 6.20 Å². The molecule has 0 aromatic carbocycles. The lowest BCUT2D eigenvalue weighted by Crippen LogP contribution is -2.54. The summed E-state index contributed by atoms with van der Waals surface area (Å²) in [5.74, 6) is 0.855. The van der Waals surface area contributed by atoms with Crippen LogP contribution in [-0.4, -0.2) is 46.5 Å². The molecule has 1 aromatic heterocycles. The highest BCUT2D eigenvalue weighted by atomic mass is 16.5. The van der Waals surface area contributed by atoms with Crippen LogP contribution in [0.3, 0.4) is 0 Å². The van der Waals surface area contributed by atoms with Crippen molar-refractivity contribution >= 4 is 5.82 Å². The van der Waals surface area contributed by atoms with E-state index in [0.29, 0.717) is 6.54 Å². The first-order chi connectivity index (χ1) is 8.41. The first kappa shape index (κ1) is 13.2. The molecule has 2 heterocycles. The molecule has 0 saturated carbocycles. The van der Waals surface area contributed by atoms with Crippen molar-refractivity contribution < 1.29 is 9.84 Å². The molecule has 1 aliphatic rings. The molecule has 1 fully saturated rings. The number of ether oxygens (including phenoxy) is 1. The van der Waals surface area contributed by atoms with E-state index >= 15 is 0 Å². The summed E-state index contributed by atoms with van der Waals surface area (Å²) in [6.45, 7) is 9.38. The first-order valence-electron chi connectivity index (χ1n) is 6.25. The second-order valence-electron chi connectivity index (χ2n) is 5.46. The highest BCUT2D eigenvalue weighted by Crippen LogP contribution is 2.24. The summed E-state index contributed by atoms with van der Waals surface area (Å²) in [4.78, 5) is 11.0. The van der Waals surface area contributed by atoms with Gasteiger partial charge in [-0.1, -0.05) is 0 Å². The Kier molecular flexibility index (Phi) is 3.54. The second kappa shape index (κ2) is 4.82. The number of hydrogen-bond acceptors (Lipinski definition) is 5. The van der Waals surface area contributed by atoms with Gasteiger partial charge in [-0.2, -0.15) is 0 Å². The minimum atomic E-state index is -0.286. The van der Waals surface area contributed by atoms with Gasteiger partial charge in [0, 0.05) is 13.1 Å². The minimum Gasteiger partial charge on any atom is -0.394 e. The number of morpholine rings is 1. The molecule has 1 unspecified atom stereocenters. The van der Waals surface area contributed by atoms with Gasteiger partial charge in [0.15, 0.2) is 0 Å². The molecular formula is C13H21N3O2. The molecule has 0 aliphatic carbocycles. The minimum absolute atomic E-state index is 0.0260. The molecule has 0 spiro atoms. The SMILES string of the molecule is Cc1ncc(N2CC(CO)OC(C)(C)C2)nc1C. The molecule has 0 amide bonds. The zero-order valence-corrected chi connectivity index (χ0v) is 11.5. The third kappa shape index (κ3) is 2.79. The highest BCUT2D eigenvalue weighted by Gasteiger charge is 2.33. The van der Waals surface area contributed by atoms with Crippen molar-refractivity contribution in [2.75, 3.05) is 24.6 Å². The summed E-state index contributed by atoms with van der Waals surface area (Å²) in [5.41, 5.74) is 1.61. The van der Waals surface area contributed by atoms with Crippen LogP contribution in [0.4, 0.5) is 5.82 Å². The van der Waals surface area contributed by atoms with Gasteiger partial charge in [-0.05, 0) is 27.7 Å². The summed E-state index contributed by atoms with van der Waals surface area (Å²) in [7, 11) is 0.